The number of nitrogens with zero attached hydrogens (tertiary/aromatic N) is 1. The average Bonchev–Trinajstić information content (AvgIpc) is 2.97. The van der Waals surface area contributed by atoms with E-state index < -0.39 is 97.0 Å². The van der Waals surface area contributed by atoms with Gasteiger partial charge in [0.05, 0.1) is 31.9 Å². The summed E-state index contributed by atoms with van der Waals surface area (Å²) in [6.45, 7) is 3.46. The van der Waals surface area contributed by atoms with Crippen molar-refractivity contribution in [3.05, 3.63) is 0 Å². The van der Waals surface area contributed by atoms with Crippen LogP contribution in [0.15, 0.2) is 4.99 Å². The molecule has 0 aliphatic carbocycles. The molecule has 0 heterocycles. The molecule has 15 N–H and O–H groups in total. The number of amides is 4. The quantitative estimate of drug-likeness (QED) is 0.0185. The third-order valence-electron chi connectivity index (χ3n) is 6.30. The number of nitrogens with one attached hydrogen (secondary N) is 4. The molecule has 0 aliphatic heterocycles. The summed E-state index contributed by atoms with van der Waals surface area (Å²) < 4.78 is 0. The second kappa shape index (κ2) is 23.1. The molecule has 0 aromatic heterocycles. The summed E-state index contributed by atoms with van der Waals surface area (Å²) >= 11 is 0. The highest BCUT2D eigenvalue weighted by molar-refractivity contribution is 8.77. The number of carbonyl (C=O) groups excluding carboxylic acids is 4. The highest BCUT2D eigenvalue weighted by Gasteiger charge is 2.34. The molecule has 49 heavy (non-hydrogen) atoms. The molecule has 0 aliphatic rings. The lowest BCUT2D eigenvalue weighted by molar-refractivity contribution is -0.144. The van der Waals surface area contributed by atoms with Crippen LogP contribution in [0.2, 0.25) is 0 Å². The number of nitrogens with two attached hydrogens (primary N) is 3. The van der Waals surface area contributed by atoms with Crippen LogP contribution in [0.5, 0.6) is 0 Å². The number of carbonyl (C=O) groups is 8. The molecule has 0 spiro atoms. The molecule has 21 nitrogen and oxygen atoms in total. The first-order chi connectivity index (χ1) is 22.8. The van der Waals surface area contributed by atoms with Crippen LogP contribution < -0.4 is 38.5 Å². The minimum absolute atomic E-state index is 0.0253. The molecular formula is C26H44N8O13S2. The zero-order valence-electron chi connectivity index (χ0n) is 26.7. The summed E-state index contributed by atoms with van der Waals surface area (Å²) in [5.41, 5.74) is 16.1. The monoisotopic (exact) mass is 740 g/mol. The second-order valence-electron chi connectivity index (χ2n) is 10.8. The topological polar surface area (TPSA) is 376 Å². The van der Waals surface area contributed by atoms with Gasteiger partial charge in [0.1, 0.15) is 24.2 Å². The fraction of sp³-hybridized carbons (Fsp3) is 0.654. The number of hydrogen-bond donors (Lipinski definition) is 12. The molecule has 0 unspecified atom stereocenters. The van der Waals surface area contributed by atoms with Crippen molar-refractivity contribution in [1.29, 1.82) is 0 Å². The van der Waals surface area contributed by atoms with Crippen molar-refractivity contribution >= 4 is 75.1 Å². The largest absolute Gasteiger partial charge is 0.481 e. The van der Waals surface area contributed by atoms with Gasteiger partial charge in [0, 0.05) is 17.5 Å². The van der Waals surface area contributed by atoms with Crippen molar-refractivity contribution in [3.8, 4) is 0 Å². The Bertz CT molecular complexity index is 1220. The van der Waals surface area contributed by atoms with Crippen LogP contribution in [0, 0.1) is 5.92 Å². The third kappa shape index (κ3) is 19.3. The van der Waals surface area contributed by atoms with Gasteiger partial charge >= 0.3 is 23.9 Å². The van der Waals surface area contributed by atoms with E-state index >= 15 is 0 Å². The number of carboxylic acids is 4. The van der Waals surface area contributed by atoms with Gasteiger partial charge in [-0.05, 0) is 18.8 Å². The lowest BCUT2D eigenvalue weighted by Gasteiger charge is -2.25. The average molecular weight is 741 g/mol. The van der Waals surface area contributed by atoms with E-state index in [1.54, 1.807) is 0 Å². The molecular weight excluding hydrogens is 696 g/mol. The summed E-state index contributed by atoms with van der Waals surface area (Å²) in [5.74, 6) is -11.3. The molecule has 278 valence electrons. The van der Waals surface area contributed by atoms with Crippen LogP contribution in [0.25, 0.3) is 0 Å². The molecule has 0 aromatic carbocycles. The van der Waals surface area contributed by atoms with E-state index in [9.17, 15) is 58.8 Å². The number of guanidine groups is 1. The lowest BCUT2D eigenvalue weighted by atomic mass is 10.1. The van der Waals surface area contributed by atoms with Crippen LogP contribution in [0.3, 0.4) is 0 Å². The Kier molecular flexibility index (Phi) is 21.0. The van der Waals surface area contributed by atoms with Gasteiger partial charge in [-0.1, -0.05) is 35.4 Å². The van der Waals surface area contributed by atoms with Crippen LogP contribution >= 0.6 is 21.6 Å². The van der Waals surface area contributed by atoms with Crippen molar-refractivity contribution < 1.29 is 63.9 Å². The van der Waals surface area contributed by atoms with Gasteiger partial charge in [0.2, 0.25) is 23.6 Å². The van der Waals surface area contributed by atoms with Gasteiger partial charge in [-0.3, -0.25) is 38.6 Å². The van der Waals surface area contributed by atoms with E-state index in [0.717, 1.165) is 10.8 Å². The molecule has 0 fully saturated rings. The molecule has 4 amide bonds. The molecule has 6 atom stereocenters. The van der Waals surface area contributed by atoms with Crippen molar-refractivity contribution in [3.63, 3.8) is 0 Å². The molecule has 0 aromatic rings. The van der Waals surface area contributed by atoms with Gasteiger partial charge in [-0.25, -0.2) is 4.79 Å². The van der Waals surface area contributed by atoms with Crippen molar-refractivity contribution in [2.45, 2.75) is 81.4 Å². The highest BCUT2D eigenvalue weighted by atomic mass is 33.1. The number of aliphatic hydroxyl groups is 1. The molecule has 23 heteroatoms. The van der Waals surface area contributed by atoms with Gasteiger partial charge in [0.25, 0.3) is 0 Å². The SMILES string of the molecule is CC(C)[C@@H](CO)SSC[C@H](NC(=O)[C@H](CC(=O)O)NC(=O)[C@H](CC(=O)O)NC(=O)[C@H](CCCN=C(N)N)NC(=O)[C@@H](N)CC(=O)O)C(=O)O. The first kappa shape index (κ1) is 44.6. The van der Waals surface area contributed by atoms with E-state index in [1.807, 2.05) is 19.2 Å². The Morgan fingerprint density at radius 3 is 1.55 bits per heavy atom. The number of aliphatic carboxylic acids is 4. The maximum atomic E-state index is 13.2. The lowest BCUT2D eigenvalue weighted by Crippen LogP contribution is -2.59. The standard InChI is InChI=1S/C26H44N8O13S2/c1-11(2)17(9-35)49-48-10-16(25(46)47)34-24(45)15(8-20(40)41)33-23(44)14(7-19(38)39)32-22(43)13(4-3-5-30-26(28)29)31-21(42)12(27)6-18(36)37/h11-17,35H,3-10,27H2,1-2H3,(H,31,42)(H,32,43)(H,33,44)(H,34,45)(H,36,37)(H,38,39)(H,40,41)(H,46,47)(H4,28,29,30)/t12-,13-,14-,15-,16-,17+/m0/s1. The zero-order valence-corrected chi connectivity index (χ0v) is 28.3. The number of carboxylic acid groups (broad SMARTS) is 4. The smallest absolute Gasteiger partial charge is 0.327 e. The number of aliphatic imine (C=N–C) groups is 1. The van der Waals surface area contributed by atoms with Crippen LogP contribution in [0.1, 0.15) is 46.0 Å². The molecule has 0 rings (SSSR count). The summed E-state index contributed by atoms with van der Waals surface area (Å²) in [6, 6.07) is -8.54. The van der Waals surface area contributed by atoms with E-state index in [4.69, 9.17) is 22.3 Å². The summed E-state index contributed by atoms with van der Waals surface area (Å²) in [4.78, 5) is 101. The van der Waals surface area contributed by atoms with E-state index in [2.05, 4.69) is 20.9 Å². The van der Waals surface area contributed by atoms with E-state index in [0.29, 0.717) is 0 Å². The van der Waals surface area contributed by atoms with Crippen molar-refractivity contribution in [2.24, 2.45) is 28.1 Å². The predicted octanol–water partition coefficient (Wildman–Crippen LogP) is -3.79. The van der Waals surface area contributed by atoms with Crippen LogP contribution in [0.4, 0.5) is 0 Å². The van der Waals surface area contributed by atoms with Gasteiger partial charge in [-0.2, -0.15) is 0 Å². The first-order valence-corrected chi connectivity index (χ1v) is 17.0. The second-order valence-corrected chi connectivity index (χ2v) is 13.4. The molecule has 0 saturated heterocycles. The highest BCUT2D eigenvalue weighted by Crippen LogP contribution is 2.31. The number of hydrogen-bond acceptors (Lipinski definition) is 13. The van der Waals surface area contributed by atoms with E-state index in [-0.39, 0.29) is 48.9 Å². The number of aliphatic hydroxyl groups excluding tert-OH is 1. The summed E-state index contributed by atoms with van der Waals surface area (Å²) in [6.07, 6.45) is -3.10. The van der Waals surface area contributed by atoms with Crippen LogP contribution in [-0.4, -0.2) is 133 Å². The predicted molar refractivity (Wildman–Crippen MR) is 176 cm³/mol. The van der Waals surface area contributed by atoms with Crippen molar-refractivity contribution in [2.75, 3.05) is 18.9 Å². The Balaban J connectivity index is 5.99. The normalized spacial score (nSPS) is 14.6. The number of rotatable bonds is 25. The van der Waals surface area contributed by atoms with Crippen molar-refractivity contribution in [1.82, 2.24) is 21.3 Å². The fourth-order valence-electron chi connectivity index (χ4n) is 3.64. The maximum Gasteiger partial charge on any atom is 0.327 e. The van der Waals surface area contributed by atoms with Crippen LogP contribution in [-0.2, 0) is 38.4 Å². The Hall–Kier alpha value is -4.35. The first-order valence-electron chi connectivity index (χ1n) is 14.6. The minimum Gasteiger partial charge on any atom is -0.481 e. The molecule has 0 bridgehead atoms. The maximum absolute atomic E-state index is 13.2. The minimum atomic E-state index is -1.95. The molecule has 0 radical (unpaired) electrons. The molecule has 0 saturated carbocycles. The van der Waals surface area contributed by atoms with Gasteiger partial charge in [-0.15, -0.1) is 0 Å². The van der Waals surface area contributed by atoms with Gasteiger partial charge in [0.15, 0.2) is 5.96 Å². The van der Waals surface area contributed by atoms with Gasteiger partial charge < -0.3 is 64.0 Å². The fourth-order valence-corrected chi connectivity index (χ4v) is 6.55. The Morgan fingerprint density at radius 1 is 0.694 bits per heavy atom. The Labute approximate surface area is 288 Å². The van der Waals surface area contributed by atoms with E-state index in [1.165, 1.54) is 10.8 Å². The zero-order chi connectivity index (χ0) is 37.8. The Morgan fingerprint density at radius 2 is 1.14 bits per heavy atom. The third-order valence-corrected chi connectivity index (χ3v) is 9.40. The summed E-state index contributed by atoms with van der Waals surface area (Å²) in [5, 5.41) is 54.9. The summed E-state index contributed by atoms with van der Waals surface area (Å²) in [7, 11) is 2.21.